The van der Waals surface area contributed by atoms with Crippen molar-refractivity contribution in [2.45, 2.75) is 29.7 Å². The summed E-state index contributed by atoms with van der Waals surface area (Å²) in [6, 6.07) is 13.6. The molecule has 26 heavy (non-hydrogen) atoms. The fraction of sp³-hybridized carbons (Fsp3) is 0.222. The Morgan fingerprint density at radius 2 is 2.12 bits per heavy atom. The number of rotatable bonds is 8. The largest absolute Gasteiger partial charge is 0.473 e. The van der Waals surface area contributed by atoms with E-state index in [1.54, 1.807) is 11.7 Å². The molecule has 0 saturated heterocycles. The Morgan fingerprint density at radius 1 is 1.27 bits per heavy atom. The normalized spacial score (nSPS) is 11.7. The standard InChI is InChI=1S/C18H18N4O2S2/c1-13(26-18-22-21-12-25-18)16(23)20-10-15-8-5-9-19-17(15)24-11-14-6-3-2-4-7-14/h2-9,12-13H,10-11H2,1H3,(H,20,23). The van der Waals surface area contributed by atoms with E-state index < -0.39 is 0 Å². The van der Waals surface area contributed by atoms with Gasteiger partial charge in [0, 0.05) is 18.3 Å². The van der Waals surface area contributed by atoms with Crippen LogP contribution >= 0.6 is 23.1 Å². The molecule has 0 saturated carbocycles. The summed E-state index contributed by atoms with van der Waals surface area (Å²) in [7, 11) is 0. The Bertz CT molecular complexity index is 828. The zero-order chi connectivity index (χ0) is 18.2. The average molecular weight is 387 g/mol. The maximum atomic E-state index is 12.3. The monoisotopic (exact) mass is 386 g/mol. The molecule has 3 aromatic rings. The average Bonchev–Trinajstić information content (AvgIpc) is 3.19. The summed E-state index contributed by atoms with van der Waals surface area (Å²) in [6.07, 6.45) is 1.68. The van der Waals surface area contributed by atoms with Crippen LogP contribution in [0.4, 0.5) is 0 Å². The molecule has 0 spiro atoms. The summed E-state index contributed by atoms with van der Waals surface area (Å²) < 4.78 is 6.60. The highest BCUT2D eigenvalue weighted by Crippen LogP contribution is 2.24. The molecule has 0 aliphatic carbocycles. The number of carbonyl (C=O) groups excluding carboxylic acids is 1. The molecule has 1 aromatic carbocycles. The molecular weight excluding hydrogens is 368 g/mol. The van der Waals surface area contributed by atoms with Gasteiger partial charge < -0.3 is 10.1 Å². The lowest BCUT2D eigenvalue weighted by atomic mass is 10.2. The van der Waals surface area contributed by atoms with Gasteiger partial charge in [-0.15, -0.1) is 10.2 Å². The zero-order valence-electron chi connectivity index (χ0n) is 14.2. The molecule has 2 aromatic heterocycles. The highest BCUT2D eigenvalue weighted by Gasteiger charge is 2.16. The molecule has 0 aliphatic heterocycles. The molecular formula is C18H18N4O2S2. The summed E-state index contributed by atoms with van der Waals surface area (Å²) in [5.41, 5.74) is 3.55. The van der Waals surface area contributed by atoms with Gasteiger partial charge in [-0.1, -0.05) is 59.5 Å². The third-order valence-corrected chi connectivity index (χ3v) is 5.42. The molecule has 1 N–H and O–H groups in total. The maximum absolute atomic E-state index is 12.3. The van der Waals surface area contributed by atoms with Crippen molar-refractivity contribution in [1.29, 1.82) is 0 Å². The Morgan fingerprint density at radius 3 is 2.88 bits per heavy atom. The number of amides is 1. The second-order valence-electron chi connectivity index (χ2n) is 5.42. The number of benzene rings is 1. The van der Waals surface area contributed by atoms with Gasteiger partial charge in [0.1, 0.15) is 12.1 Å². The van der Waals surface area contributed by atoms with Crippen molar-refractivity contribution < 1.29 is 9.53 Å². The van der Waals surface area contributed by atoms with Gasteiger partial charge in [0.2, 0.25) is 11.8 Å². The Balaban J connectivity index is 1.55. The fourth-order valence-electron chi connectivity index (χ4n) is 2.16. The lowest BCUT2D eigenvalue weighted by Crippen LogP contribution is -2.30. The molecule has 1 atom stereocenters. The number of pyridine rings is 1. The van der Waals surface area contributed by atoms with Crippen LogP contribution in [0.3, 0.4) is 0 Å². The number of nitrogens with zero attached hydrogens (tertiary/aromatic N) is 3. The van der Waals surface area contributed by atoms with Crippen molar-refractivity contribution in [3.05, 3.63) is 65.3 Å². The first kappa shape index (κ1) is 18.3. The number of hydrogen-bond donors (Lipinski definition) is 1. The van der Waals surface area contributed by atoms with Gasteiger partial charge >= 0.3 is 0 Å². The number of thioether (sulfide) groups is 1. The number of hydrogen-bond acceptors (Lipinski definition) is 7. The van der Waals surface area contributed by atoms with Crippen molar-refractivity contribution in [3.63, 3.8) is 0 Å². The van der Waals surface area contributed by atoms with E-state index in [9.17, 15) is 4.79 Å². The highest BCUT2D eigenvalue weighted by molar-refractivity contribution is 8.02. The quantitative estimate of drug-likeness (QED) is 0.599. The van der Waals surface area contributed by atoms with Gasteiger partial charge in [-0.25, -0.2) is 4.98 Å². The summed E-state index contributed by atoms with van der Waals surface area (Å²) >= 11 is 2.81. The van der Waals surface area contributed by atoms with Crippen molar-refractivity contribution in [2.75, 3.05) is 0 Å². The molecule has 134 valence electrons. The van der Waals surface area contributed by atoms with E-state index in [2.05, 4.69) is 20.5 Å². The molecule has 1 unspecified atom stereocenters. The first-order valence-electron chi connectivity index (χ1n) is 8.03. The van der Waals surface area contributed by atoms with E-state index in [0.29, 0.717) is 19.0 Å². The summed E-state index contributed by atoms with van der Waals surface area (Å²) in [6.45, 7) is 2.64. The predicted molar refractivity (Wildman–Crippen MR) is 102 cm³/mol. The summed E-state index contributed by atoms with van der Waals surface area (Å²) in [5, 5.41) is 10.4. The van der Waals surface area contributed by atoms with E-state index in [-0.39, 0.29) is 11.2 Å². The number of nitrogens with one attached hydrogen (secondary N) is 1. The lowest BCUT2D eigenvalue weighted by molar-refractivity contribution is -0.120. The fourth-order valence-corrected chi connectivity index (χ4v) is 3.81. The van der Waals surface area contributed by atoms with Crippen LogP contribution in [0.1, 0.15) is 18.1 Å². The van der Waals surface area contributed by atoms with Gasteiger partial charge in [0.25, 0.3) is 0 Å². The minimum absolute atomic E-state index is 0.0666. The third kappa shape index (κ3) is 5.27. The van der Waals surface area contributed by atoms with Crippen LogP contribution in [-0.4, -0.2) is 26.3 Å². The summed E-state index contributed by atoms with van der Waals surface area (Å²) in [4.78, 5) is 16.6. The molecule has 0 fully saturated rings. The second kappa shape index (κ2) is 9.30. The topological polar surface area (TPSA) is 77.0 Å². The van der Waals surface area contributed by atoms with E-state index >= 15 is 0 Å². The predicted octanol–water partition coefficient (Wildman–Crippen LogP) is 3.31. The molecule has 3 rings (SSSR count). The Hall–Kier alpha value is -2.45. The molecule has 0 bridgehead atoms. The van der Waals surface area contributed by atoms with Crippen LogP contribution in [0, 0.1) is 0 Å². The van der Waals surface area contributed by atoms with Crippen LogP contribution in [0.5, 0.6) is 5.88 Å². The van der Waals surface area contributed by atoms with Gasteiger partial charge in [-0.2, -0.15) is 0 Å². The van der Waals surface area contributed by atoms with Crippen LogP contribution in [0.25, 0.3) is 0 Å². The van der Waals surface area contributed by atoms with E-state index in [1.807, 2.05) is 49.4 Å². The van der Waals surface area contributed by atoms with E-state index in [0.717, 1.165) is 15.5 Å². The smallest absolute Gasteiger partial charge is 0.233 e. The maximum Gasteiger partial charge on any atom is 0.233 e. The summed E-state index contributed by atoms with van der Waals surface area (Å²) in [5.74, 6) is 0.462. The van der Waals surface area contributed by atoms with Gasteiger partial charge in [-0.3, -0.25) is 4.79 Å². The molecule has 6 nitrogen and oxygen atoms in total. The number of ether oxygens (including phenoxy) is 1. The van der Waals surface area contributed by atoms with Crippen molar-refractivity contribution in [2.24, 2.45) is 0 Å². The van der Waals surface area contributed by atoms with Crippen LogP contribution in [0.2, 0.25) is 0 Å². The number of carbonyl (C=O) groups is 1. The van der Waals surface area contributed by atoms with E-state index in [4.69, 9.17) is 4.74 Å². The molecule has 2 heterocycles. The van der Waals surface area contributed by atoms with Gasteiger partial charge in [-0.05, 0) is 18.6 Å². The molecule has 1 amide bonds. The van der Waals surface area contributed by atoms with Crippen LogP contribution in [0.15, 0.2) is 58.5 Å². The second-order valence-corrected chi connectivity index (χ2v) is 7.85. The van der Waals surface area contributed by atoms with Crippen molar-refractivity contribution >= 4 is 29.0 Å². The Kier molecular flexibility index (Phi) is 6.56. The van der Waals surface area contributed by atoms with Crippen molar-refractivity contribution in [1.82, 2.24) is 20.5 Å². The van der Waals surface area contributed by atoms with E-state index in [1.165, 1.54) is 23.1 Å². The third-order valence-electron chi connectivity index (χ3n) is 3.51. The lowest BCUT2D eigenvalue weighted by Gasteiger charge is -2.13. The van der Waals surface area contributed by atoms with Gasteiger partial charge in [0.15, 0.2) is 4.34 Å². The Labute approximate surface area is 160 Å². The zero-order valence-corrected chi connectivity index (χ0v) is 15.8. The SMILES string of the molecule is CC(Sc1nncs1)C(=O)NCc1cccnc1OCc1ccccc1. The molecule has 0 radical (unpaired) electrons. The van der Waals surface area contributed by atoms with Crippen molar-refractivity contribution in [3.8, 4) is 5.88 Å². The van der Waals surface area contributed by atoms with Gasteiger partial charge in [0.05, 0.1) is 5.25 Å². The minimum Gasteiger partial charge on any atom is -0.473 e. The molecule has 8 heteroatoms. The van der Waals surface area contributed by atoms with Crippen LogP contribution < -0.4 is 10.1 Å². The number of aromatic nitrogens is 3. The first-order chi connectivity index (χ1) is 12.7. The first-order valence-corrected chi connectivity index (χ1v) is 9.79. The molecule has 0 aliphatic rings. The minimum atomic E-state index is -0.256. The van der Waals surface area contributed by atoms with Crippen LogP contribution in [-0.2, 0) is 17.9 Å². The highest BCUT2D eigenvalue weighted by atomic mass is 32.2.